The van der Waals surface area contributed by atoms with E-state index in [-0.39, 0.29) is 0 Å². The van der Waals surface area contributed by atoms with E-state index in [0.717, 1.165) is 6.54 Å². The van der Waals surface area contributed by atoms with Gasteiger partial charge in [-0.25, -0.2) is 0 Å². The highest BCUT2D eigenvalue weighted by molar-refractivity contribution is 6.80. The Balaban J connectivity index is 2.18. The van der Waals surface area contributed by atoms with Gasteiger partial charge in [0, 0.05) is 12.2 Å². The van der Waals surface area contributed by atoms with E-state index >= 15 is 0 Å². The second-order valence-electron chi connectivity index (χ2n) is 5.25. The van der Waals surface area contributed by atoms with Gasteiger partial charge >= 0.3 is 0 Å². The molecule has 0 aromatic heterocycles. The van der Waals surface area contributed by atoms with E-state index in [1.54, 1.807) is 0 Å². The third-order valence-corrected chi connectivity index (χ3v) is 3.83. The quantitative estimate of drug-likeness (QED) is 0.686. The molecular formula is C13H19NSi. The van der Waals surface area contributed by atoms with Gasteiger partial charge in [-0.3, -0.25) is 0 Å². The maximum absolute atomic E-state index is 2.41. The second kappa shape index (κ2) is 3.85. The van der Waals surface area contributed by atoms with Gasteiger partial charge in [0.15, 0.2) is 0 Å². The zero-order valence-corrected chi connectivity index (χ0v) is 10.8. The van der Waals surface area contributed by atoms with E-state index in [9.17, 15) is 0 Å². The molecule has 0 fully saturated rings. The lowest BCUT2D eigenvalue weighted by atomic mass is 10.2. The fourth-order valence-electron chi connectivity index (χ4n) is 1.83. The minimum absolute atomic E-state index is 1.07. The van der Waals surface area contributed by atoms with E-state index in [1.165, 1.54) is 17.7 Å². The van der Waals surface area contributed by atoms with Crippen LogP contribution >= 0.6 is 0 Å². The molecule has 1 heterocycles. The summed E-state index contributed by atoms with van der Waals surface area (Å²) in [5.74, 6) is 0. The SMILES string of the molecule is C[Si](C)(C)C=CN1CCc2ccccc21. The molecule has 80 valence electrons. The minimum Gasteiger partial charge on any atom is -0.348 e. The third kappa shape index (κ3) is 2.51. The van der Waals surface area contributed by atoms with Gasteiger partial charge in [-0.1, -0.05) is 43.5 Å². The van der Waals surface area contributed by atoms with Gasteiger partial charge in [0.05, 0.1) is 8.07 Å². The van der Waals surface area contributed by atoms with Crippen molar-refractivity contribution in [3.8, 4) is 0 Å². The summed E-state index contributed by atoms with van der Waals surface area (Å²) in [5, 5.41) is 0. The Labute approximate surface area is 93.4 Å². The molecule has 1 aromatic carbocycles. The number of anilines is 1. The molecule has 0 atom stereocenters. The van der Waals surface area contributed by atoms with E-state index in [1.807, 2.05) is 0 Å². The average molecular weight is 217 g/mol. The molecule has 2 rings (SSSR count). The third-order valence-electron chi connectivity index (χ3n) is 2.68. The molecule has 0 radical (unpaired) electrons. The van der Waals surface area contributed by atoms with Crippen LogP contribution in [0.3, 0.4) is 0 Å². The number of hydrogen-bond acceptors (Lipinski definition) is 1. The number of hydrogen-bond donors (Lipinski definition) is 0. The van der Waals surface area contributed by atoms with Crippen LogP contribution < -0.4 is 4.90 Å². The van der Waals surface area contributed by atoms with Crippen molar-refractivity contribution in [1.82, 2.24) is 0 Å². The van der Waals surface area contributed by atoms with Crippen LogP contribution in [0.5, 0.6) is 0 Å². The van der Waals surface area contributed by atoms with Crippen molar-refractivity contribution in [2.45, 2.75) is 26.1 Å². The van der Waals surface area contributed by atoms with Crippen LogP contribution in [-0.2, 0) is 6.42 Å². The van der Waals surface area contributed by atoms with Crippen molar-refractivity contribution >= 4 is 13.8 Å². The van der Waals surface area contributed by atoms with Crippen molar-refractivity contribution in [2.75, 3.05) is 11.4 Å². The lowest BCUT2D eigenvalue weighted by Gasteiger charge is -2.16. The maximum Gasteiger partial charge on any atom is 0.0706 e. The number of para-hydroxylation sites is 1. The Morgan fingerprint density at radius 3 is 2.67 bits per heavy atom. The maximum atomic E-state index is 2.41. The molecule has 0 spiro atoms. The van der Waals surface area contributed by atoms with E-state index in [2.05, 4.69) is 60.7 Å². The first-order valence-corrected chi connectivity index (χ1v) is 9.18. The molecule has 2 heteroatoms. The van der Waals surface area contributed by atoms with Crippen LogP contribution in [0.25, 0.3) is 0 Å². The summed E-state index contributed by atoms with van der Waals surface area (Å²) in [6.45, 7) is 8.24. The van der Waals surface area contributed by atoms with Crippen molar-refractivity contribution in [1.29, 1.82) is 0 Å². The fourth-order valence-corrected chi connectivity index (χ4v) is 2.46. The lowest BCUT2D eigenvalue weighted by Crippen LogP contribution is -2.19. The summed E-state index contributed by atoms with van der Waals surface area (Å²) in [6.07, 6.45) is 3.48. The molecule has 0 saturated heterocycles. The zero-order chi connectivity index (χ0) is 10.9. The molecule has 1 aliphatic heterocycles. The van der Waals surface area contributed by atoms with E-state index in [4.69, 9.17) is 0 Å². The van der Waals surface area contributed by atoms with Gasteiger partial charge in [-0.2, -0.15) is 0 Å². The summed E-state index contributed by atoms with van der Waals surface area (Å²) >= 11 is 0. The molecule has 0 amide bonds. The first-order chi connectivity index (χ1) is 7.06. The monoisotopic (exact) mass is 217 g/mol. The van der Waals surface area contributed by atoms with Crippen LogP contribution in [0.15, 0.2) is 36.2 Å². The van der Waals surface area contributed by atoms with E-state index in [0.29, 0.717) is 0 Å². The molecule has 0 saturated carbocycles. The van der Waals surface area contributed by atoms with Crippen molar-refractivity contribution < 1.29 is 0 Å². The predicted octanol–water partition coefficient (Wildman–Crippen LogP) is 3.44. The summed E-state index contributed by atoms with van der Waals surface area (Å²) in [6, 6.07) is 8.71. The first-order valence-electron chi connectivity index (χ1n) is 5.60. The fraction of sp³-hybridized carbons (Fsp3) is 0.385. The highest BCUT2D eigenvalue weighted by Gasteiger charge is 2.16. The molecule has 0 unspecified atom stereocenters. The molecule has 0 N–H and O–H groups in total. The van der Waals surface area contributed by atoms with E-state index < -0.39 is 8.07 Å². The summed E-state index contributed by atoms with van der Waals surface area (Å²) < 4.78 is 0. The van der Waals surface area contributed by atoms with Crippen LogP contribution in [0, 0.1) is 0 Å². The zero-order valence-electron chi connectivity index (χ0n) is 9.83. The summed E-state index contributed by atoms with van der Waals surface area (Å²) in [5.41, 5.74) is 5.29. The Morgan fingerprint density at radius 1 is 1.20 bits per heavy atom. The number of nitrogens with zero attached hydrogens (tertiary/aromatic N) is 1. The van der Waals surface area contributed by atoms with Gasteiger partial charge in [-0.15, -0.1) is 0 Å². The largest absolute Gasteiger partial charge is 0.348 e. The molecule has 1 nitrogen and oxygen atoms in total. The number of rotatable bonds is 2. The Kier molecular flexibility index (Phi) is 2.70. The number of benzene rings is 1. The lowest BCUT2D eigenvalue weighted by molar-refractivity contribution is 0.993. The van der Waals surface area contributed by atoms with Gasteiger partial charge < -0.3 is 4.90 Å². The molecule has 1 aromatic rings. The second-order valence-corrected chi connectivity index (χ2v) is 10.3. The Hall–Kier alpha value is -1.02. The minimum atomic E-state index is -1.07. The molecule has 0 aliphatic carbocycles. The van der Waals surface area contributed by atoms with Crippen molar-refractivity contribution in [3.05, 3.63) is 41.7 Å². The average Bonchev–Trinajstić information content (AvgIpc) is 2.57. The smallest absolute Gasteiger partial charge is 0.0706 e. The van der Waals surface area contributed by atoms with Gasteiger partial charge in [0.25, 0.3) is 0 Å². The van der Waals surface area contributed by atoms with Crippen molar-refractivity contribution in [3.63, 3.8) is 0 Å². The van der Waals surface area contributed by atoms with Crippen LogP contribution in [0.4, 0.5) is 5.69 Å². The van der Waals surface area contributed by atoms with Gasteiger partial charge in [0.2, 0.25) is 0 Å². The summed E-state index contributed by atoms with van der Waals surface area (Å²) in [7, 11) is -1.07. The highest BCUT2D eigenvalue weighted by atomic mass is 28.3. The van der Waals surface area contributed by atoms with Gasteiger partial charge in [-0.05, 0) is 24.3 Å². The topological polar surface area (TPSA) is 3.24 Å². The predicted molar refractivity (Wildman–Crippen MR) is 70.0 cm³/mol. The van der Waals surface area contributed by atoms with Crippen molar-refractivity contribution in [2.24, 2.45) is 0 Å². The van der Waals surface area contributed by atoms with Crippen LogP contribution in [-0.4, -0.2) is 14.6 Å². The number of fused-ring (bicyclic) bond motifs is 1. The molecule has 1 aliphatic rings. The van der Waals surface area contributed by atoms with Gasteiger partial charge in [0.1, 0.15) is 0 Å². The first kappa shape index (κ1) is 10.5. The summed E-state index contributed by atoms with van der Waals surface area (Å²) in [4.78, 5) is 2.38. The van der Waals surface area contributed by atoms with Crippen LogP contribution in [0.2, 0.25) is 19.6 Å². The normalized spacial score (nSPS) is 16.1. The highest BCUT2D eigenvalue weighted by Crippen LogP contribution is 2.27. The Morgan fingerprint density at radius 2 is 1.93 bits per heavy atom. The standard InChI is InChI=1S/C13H19NSi/c1-15(2,3)11-10-14-9-8-12-6-4-5-7-13(12)14/h4-7,10-11H,8-9H2,1-3H3. The molecular weight excluding hydrogens is 198 g/mol. The Bertz CT molecular complexity index is 376. The molecule has 0 bridgehead atoms. The van der Waals surface area contributed by atoms with Crippen LogP contribution in [0.1, 0.15) is 5.56 Å². The molecule has 15 heavy (non-hydrogen) atoms.